The fourth-order valence-corrected chi connectivity index (χ4v) is 2.43. The molecule has 0 spiro atoms. The molecule has 5 heteroatoms. The Balaban J connectivity index is 2.36. The van der Waals surface area contributed by atoms with Crippen molar-refractivity contribution in [3.63, 3.8) is 0 Å². The van der Waals surface area contributed by atoms with Crippen LogP contribution in [0.15, 0.2) is 33.7 Å². The molecule has 0 aromatic heterocycles. The number of hydrogen-bond donors (Lipinski definition) is 1. The molecule has 0 saturated carbocycles. The molecule has 1 N–H and O–H groups in total. The van der Waals surface area contributed by atoms with Crippen LogP contribution in [0.2, 0.25) is 0 Å². The highest BCUT2D eigenvalue weighted by Crippen LogP contribution is 2.17. The van der Waals surface area contributed by atoms with E-state index in [0.29, 0.717) is 0 Å². The third-order valence-electron chi connectivity index (χ3n) is 3.14. The zero-order valence-electron chi connectivity index (χ0n) is 13.2. The molecule has 0 aliphatic carbocycles. The molecule has 0 radical (unpaired) electrons. The normalized spacial score (nSPS) is 11.5. The van der Waals surface area contributed by atoms with Crippen molar-refractivity contribution < 1.29 is 4.74 Å². The van der Waals surface area contributed by atoms with Crippen LogP contribution in [0, 0.1) is 0 Å². The average Bonchev–Trinajstić information content (AvgIpc) is 2.49. The lowest BCUT2D eigenvalue weighted by atomic mass is 10.2. The molecule has 1 aromatic carbocycles. The molecule has 0 amide bonds. The minimum atomic E-state index is 0.795. The van der Waals surface area contributed by atoms with Crippen LogP contribution in [-0.2, 0) is 11.3 Å². The van der Waals surface area contributed by atoms with Gasteiger partial charge in [-0.2, -0.15) is 0 Å². The van der Waals surface area contributed by atoms with Crippen molar-refractivity contribution in [3.8, 4) is 0 Å². The minimum Gasteiger partial charge on any atom is -0.382 e. The lowest BCUT2D eigenvalue weighted by molar-refractivity contribution is 0.143. The van der Waals surface area contributed by atoms with E-state index in [9.17, 15) is 0 Å². The second-order valence-corrected chi connectivity index (χ2v) is 5.68. The fraction of sp³-hybridized carbons (Fsp3) is 0.562. The molecule has 0 heterocycles. The van der Waals surface area contributed by atoms with Crippen molar-refractivity contribution >= 4 is 21.9 Å². The molecule has 0 atom stereocenters. The Kier molecular flexibility index (Phi) is 9.10. The minimum absolute atomic E-state index is 0.795. The first-order valence-corrected chi connectivity index (χ1v) is 8.21. The SMILES string of the molecule is CCOCCCCNC(=NC)N(C)Cc1ccccc1Br. The number of halogens is 1. The molecule has 0 aliphatic heterocycles. The highest BCUT2D eigenvalue weighted by atomic mass is 79.9. The number of nitrogens with one attached hydrogen (secondary N) is 1. The maximum atomic E-state index is 5.33. The van der Waals surface area contributed by atoms with Gasteiger partial charge in [0.05, 0.1) is 0 Å². The number of nitrogens with zero attached hydrogens (tertiary/aromatic N) is 2. The third-order valence-corrected chi connectivity index (χ3v) is 3.92. The summed E-state index contributed by atoms with van der Waals surface area (Å²) in [6.45, 7) is 5.39. The van der Waals surface area contributed by atoms with E-state index in [4.69, 9.17) is 4.74 Å². The van der Waals surface area contributed by atoms with Crippen LogP contribution < -0.4 is 5.32 Å². The lowest BCUT2D eigenvalue weighted by Crippen LogP contribution is -2.39. The molecule has 118 valence electrons. The maximum Gasteiger partial charge on any atom is 0.193 e. The number of ether oxygens (including phenoxy) is 1. The number of hydrogen-bond acceptors (Lipinski definition) is 2. The van der Waals surface area contributed by atoms with Gasteiger partial charge in [0, 0.05) is 44.9 Å². The monoisotopic (exact) mass is 355 g/mol. The molecular weight excluding hydrogens is 330 g/mol. The van der Waals surface area contributed by atoms with Crippen LogP contribution in [0.25, 0.3) is 0 Å². The topological polar surface area (TPSA) is 36.9 Å². The highest BCUT2D eigenvalue weighted by Gasteiger charge is 2.07. The Labute approximate surface area is 136 Å². The fourth-order valence-electron chi connectivity index (χ4n) is 2.02. The van der Waals surface area contributed by atoms with E-state index in [-0.39, 0.29) is 0 Å². The second-order valence-electron chi connectivity index (χ2n) is 4.83. The number of unbranched alkanes of at least 4 members (excludes halogenated alkanes) is 1. The van der Waals surface area contributed by atoms with Crippen LogP contribution in [0.5, 0.6) is 0 Å². The molecule has 4 nitrogen and oxygen atoms in total. The number of rotatable bonds is 8. The van der Waals surface area contributed by atoms with Crippen molar-refractivity contribution in [1.82, 2.24) is 10.2 Å². The summed E-state index contributed by atoms with van der Waals surface area (Å²) in [5.41, 5.74) is 1.25. The first-order valence-electron chi connectivity index (χ1n) is 7.42. The highest BCUT2D eigenvalue weighted by molar-refractivity contribution is 9.10. The largest absolute Gasteiger partial charge is 0.382 e. The van der Waals surface area contributed by atoms with E-state index >= 15 is 0 Å². The summed E-state index contributed by atoms with van der Waals surface area (Å²) in [7, 11) is 3.87. The summed E-state index contributed by atoms with van der Waals surface area (Å²) in [4.78, 5) is 6.46. The van der Waals surface area contributed by atoms with Gasteiger partial charge in [0.2, 0.25) is 0 Å². The van der Waals surface area contributed by atoms with E-state index in [1.165, 1.54) is 5.56 Å². The summed E-state index contributed by atoms with van der Waals surface area (Å²) < 4.78 is 6.46. The smallest absolute Gasteiger partial charge is 0.193 e. The van der Waals surface area contributed by atoms with E-state index < -0.39 is 0 Å². The van der Waals surface area contributed by atoms with Crippen LogP contribution >= 0.6 is 15.9 Å². The molecule has 0 fully saturated rings. The van der Waals surface area contributed by atoms with Gasteiger partial charge in [0.1, 0.15) is 0 Å². The van der Waals surface area contributed by atoms with Crippen molar-refractivity contribution in [2.24, 2.45) is 4.99 Å². The van der Waals surface area contributed by atoms with Gasteiger partial charge in [-0.1, -0.05) is 34.1 Å². The van der Waals surface area contributed by atoms with Crippen molar-refractivity contribution in [2.75, 3.05) is 33.9 Å². The summed E-state index contributed by atoms with van der Waals surface area (Å²) in [6.07, 6.45) is 2.16. The number of guanidine groups is 1. The molecule has 0 bridgehead atoms. The molecule has 21 heavy (non-hydrogen) atoms. The van der Waals surface area contributed by atoms with E-state index in [1.807, 2.05) is 20.0 Å². The predicted octanol–water partition coefficient (Wildman–Crippen LogP) is 3.27. The van der Waals surface area contributed by atoms with E-state index in [0.717, 1.165) is 49.6 Å². The zero-order valence-corrected chi connectivity index (χ0v) is 14.8. The molecule has 1 aromatic rings. The summed E-state index contributed by atoms with van der Waals surface area (Å²) >= 11 is 3.58. The zero-order chi connectivity index (χ0) is 15.5. The molecule has 0 saturated heterocycles. The quantitative estimate of drug-likeness (QED) is 0.441. The van der Waals surface area contributed by atoms with Crippen LogP contribution in [-0.4, -0.2) is 44.7 Å². The molecule has 1 rings (SSSR count). The maximum absolute atomic E-state index is 5.33. The van der Waals surface area contributed by atoms with Crippen LogP contribution in [0.3, 0.4) is 0 Å². The average molecular weight is 356 g/mol. The Morgan fingerprint density at radius 2 is 2.10 bits per heavy atom. The third kappa shape index (κ3) is 6.96. The number of benzene rings is 1. The van der Waals surface area contributed by atoms with Gasteiger partial charge in [0.15, 0.2) is 5.96 Å². The van der Waals surface area contributed by atoms with Crippen molar-refractivity contribution in [1.29, 1.82) is 0 Å². The van der Waals surface area contributed by atoms with Gasteiger partial charge in [-0.3, -0.25) is 4.99 Å². The molecule has 0 unspecified atom stereocenters. The summed E-state index contributed by atoms with van der Waals surface area (Å²) in [5, 5.41) is 3.39. The lowest BCUT2D eigenvalue weighted by Gasteiger charge is -2.22. The Morgan fingerprint density at radius 3 is 2.76 bits per heavy atom. The Morgan fingerprint density at radius 1 is 1.33 bits per heavy atom. The predicted molar refractivity (Wildman–Crippen MR) is 92.7 cm³/mol. The van der Waals surface area contributed by atoms with Crippen molar-refractivity contribution in [2.45, 2.75) is 26.3 Å². The number of aliphatic imine (C=N–C) groups is 1. The van der Waals surface area contributed by atoms with Gasteiger partial charge in [-0.15, -0.1) is 0 Å². The van der Waals surface area contributed by atoms with Gasteiger partial charge in [-0.05, 0) is 31.4 Å². The van der Waals surface area contributed by atoms with Gasteiger partial charge in [-0.25, -0.2) is 0 Å². The first kappa shape index (κ1) is 18.0. The summed E-state index contributed by atoms with van der Waals surface area (Å²) in [5.74, 6) is 0.919. The Bertz CT molecular complexity index is 437. The van der Waals surface area contributed by atoms with E-state index in [2.05, 4.69) is 56.4 Å². The summed E-state index contributed by atoms with van der Waals surface area (Å²) in [6, 6.07) is 8.26. The van der Waals surface area contributed by atoms with E-state index in [1.54, 1.807) is 0 Å². The van der Waals surface area contributed by atoms with Gasteiger partial charge >= 0.3 is 0 Å². The standard InChI is InChI=1S/C16H26BrN3O/c1-4-21-12-8-7-11-19-16(18-2)20(3)13-14-9-5-6-10-15(14)17/h5-6,9-10H,4,7-8,11-13H2,1-3H3,(H,18,19). The second kappa shape index (κ2) is 10.6. The molecule has 0 aliphatic rings. The first-order chi connectivity index (χ1) is 10.2. The van der Waals surface area contributed by atoms with Crippen molar-refractivity contribution in [3.05, 3.63) is 34.3 Å². The Hall–Kier alpha value is -1.07. The van der Waals surface area contributed by atoms with Gasteiger partial charge < -0.3 is 15.0 Å². The van der Waals surface area contributed by atoms with Crippen LogP contribution in [0.1, 0.15) is 25.3 Å². The molecular formula is C16H26BrN3O. The van der Waals surface area contributed by atoms with Crippen LogP contribution in [0.4, 0.5) is 0 Å². The van der Waals surface area contributed by atoms with Gasteiger partial charge in [0.25, 0.3) is 0 Å².